The number of amides is 2. The summed E-state index contributed by atoms with van der Waals surface area (Å²) >= 11 is 0. The first-order valence-corrected chi connectivity index (χ1v) is 11.9. The standard InChI is InChI=1S/C27H34N4O5/c1-5-20-18(16-32)8-6-9-22(20)30-27-19(12-26(28)34)15-29-23-14-25(24(35-4)13-21(23)27)36-11-7-10-31(3)17(2)33/h6,8-9,13-15,32H,5,7,10-12,16H2,1-4H3,(H2,28,34)(H,29,30). The zero-order chi connectivity index (χ0) is 26.2. The molecule has 0 saturated carbocycles. The van der Waals surface area contributed by atoms with Crippen LogP contribution in [0.2, 0.25) is 0 Å². The number of benzene rings is 2. The van der Waals surface area contributed by atoms with Crippen molar-refractivity contribution in [3.8, 4) is 11.5 Å². The van der Waals surface area contributed by atoms with Crippen LogP contribution in [0, 0.1) is 0 Å². The Labute approximate surface area is 211 Å². The van der Waals surface area contributed by atoms with Crippen molar-refractivity contribution in [1.29, 1.82) is 0 Å². The number of nitrogens with zero attached hydrogens (tertiary/aromatic N) is 2. The van der Waals surface area contributed by atoms with Crippen LogP contribution in [0.3, 0.4) is 0 Å². The molecule has 3 rings (SSSR count). The quantitative estimate of drug-likeness (QED) is 0.330. The number of rotatable bonds is 12. The summed E-state index contributed by atoms with van der Waals surface area (Å²) in [7, 11) is 3.31. The molecule has 0 atom stereocenters. The smallest absolute Gasteiger partial charge is 0.221 e. The van der Waals surface area contributed by atoms with Crippen molar-refractivity contribution in [2.45, 2.75) is 39.7 Å². The summed E-state index contributed by atoms with van der Waals surface area (Å²) in [6.07, 6.45) is 3.02. The van der Waals surface area contributed by atoms with Gasteiger partial charge < -0.3 is 30.5 Å². The summed E-state index contributed by atoms with van der Waals surface area (Å²) in [5, 5.41) is 14.0. The Morgan fingerprint density at radius 1 is 1.19 bits per heavy atom. The number of pyridine rings is 1. The highest BCUT2D eigenvalue weighted by Crippen LogP contribution is 2.38. The van der Waals surface area contributed by atoms with Crippen LogP contribution in [0.4, 0.5) is 11.4 Å². The number of nitrogens with one attached hydrogen (secondary N) is 1. The van der Waals surface area contributed by atoms with Crippen LogP contribution >= 0.6 is 0 Å². The molecule has 0 spiro atoms. The molecule has 0 aliphatic heterocycles. The Morgan fingerprint density at radius 3 is 2.61 bits per heavy atom. The lowest BCUT2D eigenvalue weighted by molar-refractivity contribution is -0.127. The minimum atomic E-state index is -0.471. The molecule has 2 amide bonds. The lowest BCUT2D eigenvalue weighted by Crippen LogP contribution is -2.25. The Morgan fingerprint density at radius 2 is 1.97 bits per heavy atom. The summed E-state index contributed by atoms with van der Waals surface area (Å²) in [5.41, 5.74) is 10.2. The van der Waals surface area contributed by atoms with Gasteiger partial charge in [-0.15, -0.1) is 0 Å². The zero-order valence-electron chi connectivity index (χ0n) is 21.3. The number of nitrogens with two attached hydrogens (primary N) is 1. The number of primary amides is 1. The van der Waals surface area contributed by atoms with Crippen LogP contribution in [0.25, 0.3) is 10.9 Å². The first kappa shape index (κ1) is 26.7. The number of hydrogen-bond acceptors (Lipinski definition) is 7. The summed E-state index contributed by atoms with van der Waals surface area (Å²) in [4.78, 5) is 29.4. The average Bonchev–Trinajstić information content (AvgIpc) is 2.86. The molecule has 1 heterocycles. The number of anilines is 2. The highest BCUT2D eigenvalue weighted by molar-refractivity contribution is 5.98. The van der Waals surface area contributed by atoms with Crippen LogP contribution in [0.1, 0.15) is 37.0 Å². The van der Waals surface area contributed by atoms with Gasteiger partial charge in [-0.3, -0.25) is 14.6 Å². The molecule has 0 aliphatic carbocycles. The van der Waals surface area contributed by atoms with E-state index in [2.05, 4.69) is 10.3 Å². The third kappa shape index (κ3) is 6.23. The van der Waals surface area contributed by atoms with Crippen molar-refractivity contribution in [3.05, 3.63) is 53.2 Å². The molecule has 0 fully saturated rings. The van der Waals surface area contributed by atoms with Gasteiger partial charge in [0.05, 0.1) is 37.9 Å². The molecule has 192 valence electrons. The largest absolute Gasteiger partial charge is 0.493 e. The van der Waals surface area contributed by atoms with Crippen LogP contribution in [-0.2, 0) is 29.0 Å². The number of fused-ring (bicyclic) bond motifs is 1. The third-order valence-corrected chi connectivity index (χ3v) is 6.09. The first-order valence-electron chi connectivity index (χ1n) is 11.9. The number of aliphatic hydroxyl groups excluding tert-OH is 1. The Bertz CT molecular complexity index is 1240. The summed E-state index contributed by atoms with van der Waals surface area (Å²) < 4.78 is 11.6. The molecule has 0 saturated heterocycles. The monoisotopic (exact) mass is 494 g/mol. The molecule has 4 N–H and O–H groups in total. The number of methoxy groups -OCH3 is 1. The second-order valence-electron chi connectivity index (χ2n) is 8.54. The Kier molecular flexibility index (Phi) is 9.08. The van der Waals surface area contributed by atoms with Gasteiger partial charge in [0.2, 0.25) is 11.8 Å². The molecule has 2 aromatic carbocycles. The molecule has 36 heavy (non-hydrogen) atoms. The predicted octanol–water partition coefficient (Wildman–Crippen LogP) is 3.32. The van der Waals surface area contributed by atoms with Gasteiger partial charge in [-0.25, -0.2) is 0 Å². The lowest BCUT2D eigenvalue weighted by atomic mass is 10.0. The van der Waals surface area contributed by atoms with Gasteiger partial charge >= 0.3 is 0 Å². The average molecular weight is 495 g/mol. The molecule has 0 bridgehead atoms. The van der Waals surface area contributed by atoms with Gasteiger partial charge in [-0.05, 0) is 36.1 Å². The molecular weight excluding hydrogens is 460 g/mol. The van der Waals surface area contributed by atoms with Crippen LogP contribution in [-0.4, -0.2) is 54.1 Å². The molecule has 1 aromatic heterocycles. The fourth-order valence-corrected chi connectivity index (χ4v) is 4.08. The zero-order valence-corrected chi connectivity index (χ0v) is 21.3. The first-order chi connectivity index (χ1) is 17.3. The topological polar surface area (TPSA) is 127 Å². The number of ether oxygens (including phenoxy) is 2. The second-order valence-corrected chi connectivity index (χ2v) is 8.54. The van der Waals surface area contributed by atoms with E-state index in [1.807, 2.05) is 31.2 Å². The van der Waals surface area contributed by atoms with Gasteiger partial charge in [0.15, 0.2) is 11.5 Å². The predicted molar refractivity (Wildman–Crippen MR) is 140 cm³/mol. The van der Waals surface area contributed by atoms with Crippen molar-refractivity contribution in [2.75, 3.05) is 32.6 Å². The van der Waals surface area contributed by atoms with Crippen LogP contribution in [0.5, 0.6) is 11.5 Å². The number of carbonyl (C=O) groups excluding carboxylic acids is 2. The maximum absolute atomic E-state index is 11.8. The molecule has 9 nitrogen and oxygen atoms in total. The Hall–Kier alpha value is -3.85. The highest BCUT2D eigenvalue weighted by Gasteiger charge is 2.17. The van der Waals surface area contributed by atoms with Gasteiger partial charge in [0.1, 0.15) is 0 Å². The molecule has 0 aliphatic rings. The molecule has 0 unspecified atom stereocenters. The van der Waals surface area contributed by atoms with Crippen molar-refractivity contribution < 1.29 is 24.2 Å². The third-order valence-electron chi connectivity index (χ3n) is 6.09. The van der Waals surface area contributed by atoms with Gasteiger partial charge in [-0.2, -0.15) is 0 Å². The van der Waals surface area contributed by atoms with Crippen LogP contribution in [0.15, 0.2) is 36.5 Å². The number of hydrogen-bond donors (Lipinski definition) is 3. The van der Waals surface area contributed by atoms with E-state index in [1.165, 1.54) is 6.92 Å². The maximum Gasteiger partial charge on any atom is 0.221 e. The van der Waals surface area contributed by atoms with E-state index in [-0.39, 0.29) is 18.9 Å². The van der Waals surface area contributed by atoms with E-state index in [9.17, 15) is 14.7 Å². The van der Waals surface area contributed by atoms with E-state index in [0.29, 0.717) is 54.3 Å². The van der Waals surface area contributed by atoms with E-state index in [1.54, 1.807) is 31.3 Å². The molecule has 0 radical (unpaired) electrons. The number of aliphatic hydroxyl groups is 1. The maximum atomic E-state index is 11.8. The normalized spacial score (nSPS) is 10.8. The van der Waals surface area contributed by atoms with E-state index >= 15 is 0 Å². The van der Waals surface area contributed by atoms with E-state index in [4.69, 9.17) is 15.2 Å². The van der Waals surface area contributed by atoms with E-state index < -0.39 is 5.91 Å². The van der Waals surface area contributed by atoms with Crippen LogP contribution < -0.4 is 20.5 Å². The number of aromatic nitrogens is 1. The fourth-order valence-electron chi connectivity index (χ4n) is 4.08. The minimum absolute atomic E-state index is 0.00466. The molecular formula is C27H34N4O5. The number of carbonyl (C=O) groups is 2. The van der Waals surface area contributed by atoms with Gasteiger partial charge in [0, 0.05) is 49.4 Å². The summed E-state index contributed by atoms with van der Waals surface area (Å²) in [6.45, 7) is 4.47. The van der Waals surface area contributed by atoms with Crippen molar-refractivity contribution in [2.24, 2.45) is 5.73 Å². The summed E-state index contributed by atoms with van der Waals surface area (Å²) in [5.74, 6) is 0.586. The van der Waals surface area contributed by atoms with Gasteiger partial charge in [0.25, 0.3) is 0 Å². The molecule has 3 aromatic rings. The van der Waals surface area contributed by atoms with Crippen molar-refractivity contribution in [3.63, 3.8) is 0 Å². The second kappa shape index (κ2) is 12.2. The van der Waals surface area contributed by atoms with Crippen molar-refractivity contribution >= 4 is 34.1 Å². The van der Waals surface area contributed by atoms with Gasteiger partial charge in [-0.1, -0.05) is 19.1 Å². The lowest BCUT2D eigenvalue weighted by Gasteiger charge is -2.19. The minimum Gasteiger partial charge on any atom is -0.493 e. The highest BCUT2D eigenvalue weighted by atomic mass is 16.5. The Balaban J connectivity index is 2.02. The van der Waals surface area contributed by atoms with E-state index in [0.717, 1.165) is 22.2 Å². The fraction of sp³-hybridized carbons (Fsp3) is 0.370. The molecule has 9 heteroatoms. The SMILES string of the molecule is CCc1c(CO)cccc1Nc1c(CC(N)=O)cnc2cc(OCCCN(C)C(C)=O)c(OC)cc12. The van der Waals surface area contributed by atoms with Crippen molar-refractivity contribution in [1.82, 2.24) is 9.88 Å². The summed E-state index contributed by atoms with van der Waals surface area (Å²) in [6, 6.07) is 9.33.